The van der Waals surface area contributed by atoms with Crippen molar-refractivity contribution in [2.24, 2.45) is 0 Å². The normalized spacial score (nSPS) is 12.4. The average Bonchev–Trinajstić information content (AvgIpc) is 2.92. The molecule has 0 aliphatic carbocycles. The fraction of sp³-hybridized carbons (Fsp3) is 0.0909. The van der Waals surface area contributed by atoms with Crippen LogP contribution < -0.4 is 16.6 Å². The van der Waals surface area contributed by atoms with Crippen LogP contribution >= 0.6 is 31.9 Å². The molecule has 0 unspecified atom stereocenters. The Labute approximate surface area is 244 Å². The first-order valence-corrected chi connectivity index (χ1v) is 19.9. The molecule has 0 amide bonds. The van der Waals surface area contributed by atoms with Crippen molar-refractivity contribution in [3.05, 3.63) is 147 Å². The fourth-order valence-electron chi connectivity index (χ4n) is 4.62. The van der Waals surface area contributed by atoms with Crippen LogP contribution in [0.2, 0.25) is 0 Å². The van der Waals surface area contributed by atoms with Crippen molar-refractivity contribution >= 4 is 60.6 Å². The minimum absolute atomic E-state index is 0.758. The van der Waals surface area contributed by atoms with Crippen LogP contribution in [0.15, 0.2) is 130 Å². The topological polar surface area (TPSA) is 18.5 Å². The van der Waals surface area contributed by atoms with E-state index in [1.54, 1.807) is 0 Å². The average molecular weight is 739 g/mol. The van der Waals surface area contributed by atoms with E-state index in [0.717, 1.165) is 31.0 Å². The van der Waals surface area contributed by atoms with Crippen molar-refractivity contribution in [2.75, 3.05) is 0 Å². The van der Waals surface area contributed by atoms with Crippen LogP contribution in [0.1, 0.15) is 16.7 Å². The van der Waals surface area contributed by atoms with Gasteiger partial charge in [-0.3, -0.25) is 0 Å². The molecule has 0 radical (unpaired) electrons. The molecule has 0 aromatic heterocycles. The zero-order valence-corrected chi connectivity index (χ0v) is 27.3. The van der Waals surface area contributed by atoms with Gasteiger partial charge in [0.05, 0.1) is 0 Å². The Morgan fingerprint density at radius 1 is 0.395 bits per heavy atom. The van der Waals surface area contributed by atoms with Crippen molar-refractivity contribution in [2.45, 2.75) is 20.8 Å². The number of rotatable bonds is 7. The number of hydrogen-bond donors (Lipinski definition) is 0. The summed E-state index contributed by atoms with van der Waals surface area (Å²) >= 11 is 1.84. The third-order valence-corrected chi connectivity index (χ3v) is 21.5. The second kappa shape index (κ2) is 10.9. The summed E-state index contributed by atoms with van der Waals surface area (Å²) in [7, 11) is 0. The van der Waals surface area contributed by atoms with E-state index in [2.05, 4.69) is 125 Å². The van der Waals surface area contributed by atoms with Crippen LogP contribution in [0.3, 0.4) is 0 Å². The molecular weight excluding hydrogens is 710 g/mol. The fourth-order valence-corrected chi connectivity index (χ4v) is 18.5. The number of benzene rings is 5. The van der Waals surface area contributed by atoms with Crippen LogP contribution in [0.4, 0.5) is 0 Å². The summed E-state index contributed by atoms with van der Waals surface area (Å²) in [6.07, 6.45) is 0. The van der Waals surface area contributed by atoms with Gasteiger partial charge < -0.3 is 0 Å². The molecule has 0 N–H and O–H groups in total. The Balaban J connectivity index is 1.95. The van der Waals surface area contributed by atoms with Crippen LogP contribution in [-0.4, -0.2) is 18.2 Å². The SMILES string of the molecule is Cc1cc[c]([Sb]([O]c2ccc(Br)cc2)([O]c2ccc(Br)cc2)([c]2ccc(C)cc2)[c]2ccc(C)cc2)cc1. The molecule has 192 valence electrons. The minimum atomic E-state index is -5.32. The first kappa shape index (κ1) is 27.1. The third kappa shape index (κ3) is 5.07. The first-order valence-electron chi connectivity index (χ1n) is 12.4. The van der Waals surface area contributed by atoms with Crippen LogP contribution in [0.5, 0.6) is 11.5 Å². The van der Waals surface area contributed by atoms with E-state index < -0.39 is 18.2 Å². The van der Waals surface area contributed by atoms with Gasteiger partial charge in [-0.1, -0.05) is 0 Å². The standard InChI is InChI=1S/3C7H7.2C6H5BrO.Sb/c3*1-7-5-3-2-4-6-7;2*7-5-1-3-6(8)4-2-5;/h3*3-6H,1H3;2*1-4,8H;/q;;;;;+2/p-2. The Morgan fingerprint density at radius 3 is 0.921 bits per heavy atom. The summed E-state index contributed by atoms with van der Waals surface area (Å²) in [6.45, 7) is 6.32. The van der Waals surface area contributed by atoms with Crippen LogP contribution in [0, 0.1) is 20.8 Å². The maximum atomic E-state index is 7.50. The number of aryl methyl sites for hydroxylation is 3. The molecule has 5 aromatic carbocycles. The van der Waals surface area contributed by atoms with Gasteiger partial charge >= 0.3 is 246 Å². The van der Waals surface area contributed by atoms with Crippen molar-refractivity contribution in [3.8, 4) is 11.5 Å². The molecule has 5 aromatic rings. The van der Waals surface area contributed by atoms with Crippen molar-refractivity contribution in [1.29, 1.82) is 0 Å². The second-order valence-electron chi connectivity index (χ2n) is 9.55. The molecule has 0 atom stereocenters. The van der Waals surface area contributed by atoms with Crippen LogP contribution in [-0.2, 0) is 0 Å². The third-order valence-electron chi connectivity index (χ3n) is 6.70. The number of hydrogen-bond acceptors (Lipinski definition) is 2. The Bertz CT molecular complexity index is 1360. The summed E-state index contributed by atoms with van der Waals surface area (Å²) in [5, 5.41) is 0. The molecule has 0 saturated heterocycles. The van der Waals surface area contributed by atoms with Gasteiger partial charge in [-0.05, 0) is 0 Å². The van der Waals surface area contributed by atoms with Crippen molar-refractivity contribution in [3.63, 3.8) is 0 Å². The van der Waals surface area contributed by atoms with Gasteiger partial charge in [0.1, 0.15) is 0 Å². The molecule has 0 aliphatic rings. The van der Waals surface area contributed by atoms with E-state index in [9.17, 15) is 0 Å². The van der Waals surface area contributed by atoms with Gasteiger partial charge in [-0.2, -0.15) is 0 Å². The van der Waals surface area contributed by atoms with Crippen LogP contribution in [0.25, 0.3) is 0 Å². The summed E-state index contributed by atoms with van der Waals surface area (Å²) in [5.74, 6) is 1.52. The molecule has 5 rings (SSSR count). The van der Waals surface area contributed by atoms with E-state index in [0.29, 0.717) is 0 Å². The van der Waals surface area contributed by atoms with Gasteiger partial charge in [0.2, 0.25) is 0 Å². The van der Waals surface area contributed by atoms with Gasteiger partial charge in [-0.25, -0.2) is 0 Å². The van der Waals surface area contributed by atoms with Gasteiger partial charge in [0.25, 0.3) is 0 Å². The predicted molar refractivity (Wildman–Crippen MR) is 168 cm³/mol. The monoisotopic (exact) mass is 736 g/mol. The Hall–Kier alpha value is -2.52. The predicted octanol–water partition coefficient (Wildman–Crippen LogP) is 7.71. The summed E-state index contributed by atoms with van der Waals surface area (Å²) in [5.41, 5.74) is 3.55. The summed E-state index contributed by atoms with van der Waals surface area (Å²) < 4.78 is 20.2. The summed E-state index contributed by atoms with van der Waals surface area (Å²) in [4.78, 5) is 0. The van der Waals surface area contributed by atoms with Gasteiger partial charge in [0.15, 0.2) is 0 Å². The van der Waals surface area contributed by atoms with E-state index in [4.69, 9.17) is 6.03 Å². The number of halogens is 2. The quantitative estimate of drug-likeness (QED) is 0.159. The van der Waals surface area contributed by atoms with Gasteiger partial charge in [0, 0.05) is 0 Å². The van der Waals surface area contributed by atoms with E-state index in [1.165, 1.54) is 16.7 Å². The molecule has 5 heteroatoms. The molecule has 0 bridgehead atoms. The maximum absolute atomic E-state index is 7.50. The van der Waals surface area contributed by atoms with Gasteiger partial charge in [-0.15, -0.1) is 0 Å². The molecular formula is C33H29Br2O2Sb. The molecule has 0 fully saturated rings. The van der Waals surface area contributed by atoms with Crippen molar-refractivity contribution < 1.29 is 6.03 Å². The van der Waals surface area contributed by atoms with Crippen molar-refractivity contribution in [1.82, 2.24) is 0 Å². The zero-order valence-electron chi connectivity index (χ0n) is 21.6. The molecule has 0 saturated carbocycles. The molecule has 38 heavy (non-hydrogen) atoms. The first-order chi connectivity index (χ1) is 18.3. The molecule has 0 heterocycles. The Kier molecular flexibility index (Phi) is 7.78. The Morgan fingerprint density at radius 2 is 0.658 bits per heavy atom. The molecule has 2 nitrogen and oxygen atoms in total. The molecule has 0 aliphatic heterocycles. The van der Waals surface area contributed by atoms with E-state index >= 15 is 0 Å². The van der Waals surface area contributed by atoms with E-state index in [-0.39, 0.29) is 0 Å². The second-order valence-corrected chi connectivity index (χ2v) is 22.3. The molecule has 0 spiro atoms. The van der Waals surface area contributed by atoms with E-state index in [1.807, 2.05) is 48.5 Å². The summed E-state index contributed by atoms with van der Waals surface area (Å²) in [6, 6.07) is 42.1. The zero-order chi connectivity index (χ0) is 26.8.